The average Bonchev–Trinajstić information content (AvgIpc) is 3.70. The summed E-state index contributed by atoms with van der Waals surface area (Å²) in [5, 5.41) is 13.6. The van der Waals surface area contributed by atoms with Gasteiger partial charge in [0.25, 0.3) is 0 Å². The summed E-state index contributed by atoms with van der Waals surface area (Å²) < 4.78 is 1.15. The zero-order chi connectivity index (χ0) is 48.4. The van der Waals surface area contributed by atoms with Gasteiger partial charge in [0.05, 0.1) is 16.1 Å². The van der Waals surface area contributed by atoms with Gasteiger partial charge < -0.3 is 5.11 Å². The van der Waals surface area contributed by atoms with Crippen LogP contribution in [-0.2, 0) is 27.1 Å². The van der Waals surface area contributed by atoms with Crippen LogP contribution in [0, 0.1) is 0 Å². The van der Waals surface area contributed by atoms with Gasteiger partial charge in [-0.15, -0.1) is 11.3 Å². The third kappa shape index (κ3) is 10.00. The molecule has 0 aliphatic rings. The van der Waals surface area contributed by atoms with E-state index in [0.717, 1.165) is 61.0 Å². The van der Waals surface area contributed by atoms with Crippen molar-refractivity contribution in [3.63, 3.8) is 0 Å². The van der Waals surface area contributed by atoms with Gasteiger partial charge in [-0.2, -0.15) is 0 Å². The molecule has 0 amide bonds. The van der Waals surface area contributed by atoms with Crippen molar-refractivity contribution in [3.8, 4) is 49.8 Å². The molecule has 0 atom stereocenters. The molecule has 344 valence electrons. The Morgan fingerprint density at radius 3 is 1.64 bits per heavy atom. The first-order valence-electron chi connectivity index (χ1n) is 23.8. The van der Waals surface area contributed by atoms with Gasteiger partial charge in [0.1, 0.15) is 11.6 Å². The van der Waals surface area contributed by atoms with Crippen LogP contribution in [-0.4, -0.2) is 15.1 Å². The largest absolute Gasteiger partial charge is 0.507 e. The summed E-state index contributed by atoms with van der Waals surface area (Å²) >= 11 is 1.79. The molecule has 1 N–H and O–H groups in total. The van der Waals surface area contributed by atoms with E-state index in [2.05, 4.69) is 242 Å². The van der Waals surface area contributed by atoms with Gasteiger partial charge >= 0.3 is 0 Å². The Morgan fingerprint density at radius 2 is 1.04 bits per heavy atom. The Labute approximate surface area is 404 Å². The molecule has 5 aromatic carbocycles. The quantitative estimate of drug-likeness (QED) is 0.173. The lowest BCUT2D eigenvalue weighted by atomic mass is 9.78. The number of benzene rings is 5. The Bertz CT molecular complexity index is 3050. The van der Waals surface area contributed by atoms with Crippen molar-refractivity contribution in [1.82, 2.24) is 9.97 Å². The molecule has 0 radical (unpaired) electrons. The molecule has 8 rings (SSSR count). The predicted molar refractivity (Wildman–Crippen MR) is 289 cm³/mol. The Kier molecular flexibility index (Phi) is 12.2. The SMILES string of the molecule is CC(C)(C)c1ccc(-c2cc3ccnc(-c4cccc(N(c5ccccc5)c5cc(-c6cc(C(C)(C)C)cc(C(C)(C)C)c6)cc(-c6cc(C(C)(C)C)cc(C(C)(C)C)c6O)n5)c4)c3s2)cc1. The van der Waals surface area contributed by atoms with Crippen molar-refractivity contribution in [1.29, 1.82) is 0 Å². The molecule has 67 heavy (non-hydrogen) atoms. The number of anilines is 3. The van der Waals surface area contributed by atoms with Crippen LogP contribution < -0.4 is 4.90 Å². The lowest BCUT2D eigenvalue weighted by Gasteiger charge is -2.29. The first-order chi connectivity index (χ1) is 31.3. The van der Waals surface area contributed by atoms with Crippen molar-refractivity contribution in [3.05, 3.63) is 167 Å². The fourth-order valence-corrected chi connectivity index (χ4v) is 9.83. The smallest absolute Gasteiger partial charge is 0.138 e. The second kappa shape index (κ2) is 17.2. The van der Waals surface area contributed by atoms with Gasteiger partial charge in [0, 0.05) is 39.1 Å². The molecule has 0 saturated carbocycles. The van der Waals surface area contributed by atoms with E-state index in [9.17, 15) is 5.11 Å². The fraction of sp³-hybridized carbons (Fsp3) is 0.323. The maximum absolute atomic E-state index is 12.4. The summed E-state index contributed by atoms with van der Waals surface area (Å²) in [6.45, 7) is 33.7. The number of pyridine rings is 2. The molecule has 0 bridgehead atoms. The Hall–Kier alpha value is -6.04. The van der Waals surface area contributed by atoms with Gasteiger partial charge in [0.15, 0.2) is 0 Å². The third-order valence-electron chi connectivity index (χ3n) is 13.0. The van der Waals surface area contributed by atoms with Crippen molar-refractivity contribution in [2.24, 2.45) is 0 Å². The van der Waals surface area contributed by atoms with Crippen LogP contribution in [0.1, 0.15) is 132 Å². The van der Waals surface area contributed by atoms with Gasteiger partial charge in [-0.25, -0.2) is 4.98 Å². The highest BCUT2D eigenvalue weighted by molar-refractivity contribution is 7.22. The van der Waals surface area contributed by atoms with Crippen molar-refractivity contribution in [2.45, 2.75) is 131 Å². The minimum Gasteiger partial charge on any atom is -0.507 e. The highest BCUT2D eigenvalue weighted by Gasteiger charge is 2.28. The second-order valence-electron chi connectivity index (χ2n) is 23.6. The molecule has 5 heteroatoms. The van der Waals surface area contributed by atoms with E-state index in [0.29, 0.717) is 5.69 Å². The van der Waals surface area contributed by atoms with Crippen LogP contribution in [0.15, 0.2) is 140 Å². The van der Waals surface area contributed by atoms with E-state index in [1.807, 2.05) is 6.20 Å². The second-order valence-corrected chi connectivity index (χ2v) is 24.6. The molecular weight excluding hydrogens is 835 g/mol. The summed E-state index contributed by atoms with van der Waals surface area (Å²) in [6.07, 6.45) is 1.93. The van der Waals surface area contributed by atoms with Crippen LogP contribution in [0.25, 0.3) is 54.2 Å². The molecule has 0 unspecified atom stereocenters. The molecule has 0 saturated heterocycles. The predicted octanol–water partition coefficient (Wildman–Crippen LogP) is 18.0. The van der Waals surface area contributed by atoms with Crippen molar-refractivity contribution >= 4 is 38.6 Å². The third-order valence-corrected chi connectivity index (χ3v) is 14.2. The number of hydrogen-bond donors (Lipinski definition) is 1. The molecule has 4 nitrogen and oxygen atoms in total. The van der Waals surface area contributed by atoms with Gasteiger partial charge in [0.2, 0.25) is 0 Å². The normalized spacial score (nSPS) is 12.8. The number of hydrogen-bond acceptors (Lipinski definition) is 5. The molecule has 0 fully saturated rings. The molecule has 8 aromatic rings. The molecule has 3 heterocycles. The van der Waals surface area contributed by atoms with Crippen molar-refractivity contribution < 1.29 is 5.11 Å². The monoisotopic (exact) mass is 904 g/mol. The van der Waals surface area contributed by atoms with E-state index in [4.69, 9.17) is 9.97 Å². The molecular formula is C62H69N3OS. The van der Waals surface area contributed by atoms with Crippen LogP contribution in [0.4, 0.5) is 17.2 Å². The van der Waals surface area contributed by atoms with Gasteiger partial charge in [-0.05, 0) is 126 Å². The van der Waals surface area contributed by atoms with Crippen LogP contribution in [0.2, 0.25) is 0 Å². The molecule has 0 aliphatic carbocycles. The average molecular weight is 904 g/mol. The lowest BCUT2D eigenvalue weighted by Crippen LogP contribution is -2.17. The molecule has 0 aliphatic heterocycles. The zero-order valence-corrected chi connectivity index (χ0v) is 43.3. The maximum Gasteiger partial charge on any atom is 0.138 e. The summed E-state index contributed by atoms with van der Waals surface area (Å²) in [6, 6.07) is 48.4. The first kappa shape index (κ1) is 47.5. The Balaban J connectivity index is 1.37. The fourth-order valence-electron chi connectivity index (χ4n) is 8.66. The number of nitrogens with zero attached hydrogens (tertiary/aromatic N) is 3. The van der Waals surface area contributed by atoms with Crippen LogP contribution >= 0.6 is 11.3 Å². The molecule has 3 aromatic heterocycles. The highest BCUT2D eigenvalue weighted by atomic mass is 32.1. The van der Waals surface area contributed by atoms with E-state index in [1.165, 1.54) is 32.5 Å². The lowest BCUT2D eigenvalue weighted by molar-refractivity contribution is 0.446. The summed E-state index contributed by atoms with van der Waals surface area (Å²) in [4.78, 5) is 14.1. The number of aromatic nitrogens is 2. The topological polar surface area (TPSA) is 49.2 Å². The van der Waals surface area contributed by atoms with E-state index in [1.54, 1.807) is 11.3 Å². The number of phenolic OH excluding ortho intramolecular Hbond substituents is 1. The van der Waals surface area contributed by atoms with Crippen LogP contribution in [0.3, 0.4) is 0 Å². The summed E-state index contributed by atoms with van der Waals surface area (Å²) in [5.74, 6) is 1.01. The number of fused-ring (bicyclic) bond motifs is 1. The maximum atomic E-state index is 12.4. The first-order valence-corrected chi connectivity index (χ1v) is 24.6. The summed E-state index contributed by atoms with van der Waals surface area (Å²) in [5.41, 5.74) is 14.1. The van der Waals surface area contributed by atoms with Gasteiger partial charge in [-0.3, -0.25) is 9.88 Å². The van der Waals surface area contributed by atoms with Crippen LogP contribution in [0.5, 0.6) is 5.75 Å². The van der Waals surface area contributed by atoms with E-state index < -0.39 is 0 Å². The minimum absolute atomic E-state index is 0.0801. The van der Waals surface area contributed by atoms with E-state index in [-0.39, 0.29) is 32.8 Å². The Morgan fingerprint density at radius 1 is 0.463 bits per heavy atom. The highest BCUT2D eigenvalue weighted by Crippen LogP contribution is 2.46. The van der Waals surface area contributed by atoms with Crippen molar-refractivity contribution in [2.75, 3.05) is 4.90 Å². The zero-order valence-electron chi connectivity index (χ0n) is 42.5. The molecule has 0 spiro atoms. The number of para-hydroxylation sites is 1. The number of aromatic hydroxyl groups is 1. The number of rotatable bonds is 7. The van der Waals surface area contributed by atoms with Gasteiger partial charge in [-0.1, -0.05) is 183 Å². The number of phenols is 1. The summed E-state index contributed by atoms with van der Waals surface area (Å²) in [7, 11) is 0. The standard InChI is InChI=1S/C62H69N3OS/c1-58(2,3)44-26-24-39(25-27-44)53-34-41-28-29-63-55(57(41)67-53)40-20-19-23-49(32-40)65(48-21-17-16-18-22-48)54-35-43(42-30-45(59(4,5)6)36-46(31-42)60(7,8)9)33-52(64-54)50-37-47(61(10,11)12)38-51(56(50)66)62(13,14)15/h16-38,66H,1-15H3. The minimum atomic E-state index is -0.309. The number of thiophene rings is 1. The van der Waals surface area contributed by atoms with E-state index >= 15 is 0 Å².